The van der Waals surface area contributed by atoms with Crippen molar-refractivity contribution in [1.82, 2.24) is 15.5 Å². The summed E-state index contributed by atoms with van der Waals surface area (Å²) in [6, 6.07) is 14.4. The van der Waals surface area contributed by atoms with E-state index in [-0.39, 0.29) is 5.91 Å². The second-order valence-electron chi connectivity index (χ2n) is 6.92. The summed E-state index contributed by atoms with van der Waals surface area (Å²) in [5.41, 5.74) is 2.74. The van der Waals surface area contributed by atoms with E-state index in [1.165, 1.54) is 6.26 Å². The van der Waals surface area contributed by atoms with Crippen LogP contribution in [0.4, 0.5) is 0 Å². The minimum absolute atomic E-state index is 0.0217. The highest BCUT2D eigenvalue weighted by Crippen LogP contribution is 2.10. The number of nitrogens with one attached hydrogen (secondary N) is 2. The number of guanidine groups is 1. The molecule has 0 saturated heterocycles. The molecular weight excluding hydrogens is 388 g/mol. The summed E-state index contributed by atoms with van der Waals surface area (Å²) < 4.78 is 23.0. The zero-order chi connectivity index (χ0) is 21.4. The Kier molecular flexibility index (Phi) is 7.78. The minimum atomic E-state index is -3.17. The van der Waals surface area contributed by atoms with Crippen LogP contribution in [-0.4, -0.2) is 59.1 Å². The van der Waals surface area contributed by atoms with Crippen molar-refractivity contribution in [3.05, 3.63) is 65.2 Å². The van der Waals surface area contributed by atoms with Crippen LogP contribution in [0, 0.1) is 0 Å². The van der Waals surface area contributed by atoms with Gasteiger partial charge in [0.05, 0.1) is 4.90 Å². The van der Waals surface area contributed by atoms with Crippen molar-refractivity contribution in [2.24, 2.45) is 4.99 Å². The molecule has 8 heteroatoms. The smallest absolute Gasteiger partial charge is 0.253 e. The van der Waals surface area contributed by atoms with Crippen LogP contribution in [0.3, 0.4) is 0 Å². The number of hydrogen-bond acceptors (Lipinski definition) is 4. The molecule has 0 aliphatic heterocycles. The SMILES string of the molecule is CN=C(NCCc1ccc(S(C)(=O)=O)cc1)NCc1ccc(C(=O)N(C)C)cc1. The zero-order valence-corrected chi connectivity index (χ0v) is 18.1. The molecule has 0 spiro atoms. The van der Waals surface area contributed by atoms with E-state index in [2.05, 4.69) is 15.6 Å². The molecule has 2 aromatic rings. The van der Waals surface area contributed by atoms with E-state index in [0.29, 0.717) is 29.5 Å². The van der Waals surface area contributed by atoms with Crippen LogP contribution in [0.5, 0.6) is 0 Å². The Morgan fingerprint density at radius 2 is 1.55 bits per heavy atom. The number of aliphatic imine (C=N–C) groups is 1. The van der Waals surface area contributed by atoms with E-state index in [1.807, 2.05) is 36.4 Å². The molecule has 0 atom stereocenters. The highest BCUT2D eigenvalue weighted by Gasteiger charge is 2.08. The van der Waals surface area contributed by atoms with Gasteiger partial charge in [-0.1, -0.05) is 24.3 Å². The number of rotatable bonds is 7. The van der Waals surface area contributed by atoms with Crippen LogP contribution in [0.25, 0.3) is 0 Å². The number of carbonyl (C=O) groups is 1. The zero-order valence-electron chi connectivity index (χ0n) is 17.3. The van der Waals surface area contributed by atoms with Gasteiger partial charge in [-0.3, -0.25) is 9.79 Å². The van der Waals surface area contributed by atoms with E-state index in [0.717, 1.165) is 17.5 Å². The van der Waals surface area contributed by atoms with Crippen molar-refractivity contribution in [2.45, 2.75) is 17.9 Å². The average Bonchev–Trinajstić information content (AvgIpc) is 2.70. The molecule has 0 aromatic heterocycles. The standard InChI is InChI=1S/C21H28N4O3S/c1-22-21(23-14-13-16-7-11-19(12-8-16)29(4,27)28)24-15-17-5-9-18(10-6-17)20(26)25(2)3/h5-12H,13-15H2,1-4H3,(H2,22,23,24). The summed E-state index contributed by atoms with van der Waals surface area (Å²) >= 11 is 0. The summed E-state index contributed by atoms with van der Waals surface area (Å²) in [5, 5.41) is 6.47. The van der Waals surface area contributed by atoms with E-state index in [9.17, 15) is 13.2 Å². The van der Waals surface area contributed by atoms with Crippen molar-refractivity contribution in [2.75, 3.05) is 33.9 Å². The van der Waals surface area contributed by atoms with Gasteiger partial charge in [0.2, 0.25) is 0 Å². The second kappa shape index (κ2) is 10.1. The largest absolute Gasteiger partial charge is 0.356 e. The van der Waals surface area contributed by atoms with Gasteiger partial charge in [0.1, 0.15) is 0 Å². The van der Waals surface area contributed by atoms with E-state index < -0.39 is 9.84 Å². The monoisotopic (exact) mass is 416 g/mol. The molecule has 0 radical (unpaired) electrons. The molecule has 7 nitrogen and oxygen atoms in total. The number of benzene rings is 2. The normalized spacial score (nSPS) is 11.8. The molecule has 29 heavy (non-hydrogen) atoms. The summed E-state index contributed by atoms with van der Waals surface area (Å²) in [7, 11) is 1.99. The summed E-state index contributed by atoms with van der Waals surface area (Å²) in [6.07, 6.45) is 1.94. The molecule has 1 amide bonds. The molecule has 2 rings (SSSR count). The lowest BCUT2D eigenvalue weighted by Crippen LogP contribution is -2.37. The predicted molar refractivity (Wildman–Crippen MR) is 116 cm³/mol. The van der Waals surface area contributed by atoms with Crippen LogP contribution in [0.1, 0.15) is 21.5 Å². The summed E-state index contributed by atoms with van der Waals surface area (Å²) in [6.45, 7) is 1.24. The van der Waals surface area contributed by atoms with Crippen molar-refractivity contribution >= 4 is 21.7 Å². The lowest BCUT2D eigenvalue weighted by atomic mass is 10.1. The van der Waals surface area contributed by atoms with Gasteiger partial charge in [-0.25, -0.2) is 8.42 Å². The Hall–Kier alpha value is -2.87. The van der Waals surface area contributed by atoms with Crippen molar-refractivity contribution in [3.8, 4) is 0 Å². The predicted octanol–water partition coefficient (Wildman–Crippen LogP) is 1.70. The van der Waals surface area contributed by atoms with Gasteiger partial charge in [-0.15, -0.1) is 0 Å². The molecular formula is C21H28N4O3S. The quantitative estimate of drug-likeness (QED) is 0.530. The first-order valence-corrected chi connectivity index (χ1v) is 11.1. The average molecular weight is 417 g/mol. The second-order valence-corrected chi connectivity index (χ2v) is 8.93. The first-order chi connectivity index (χ1) is 13.7. The molecule has 0 bridgehead atoms. The maximum atomic E-state index is 11.9. The van der Waals surface area contributed by atoms with Crippen LogP contribution < -0.4 is 10.6 Å². The van der Waals surface area contributed by atoms with Gasteiger partial charge in [0, 0.05) is 46.1 Å². The number of hydrogen-bond donors (Lipinski definition) is 2. The van der Waals surface area contributed by atoms with Crippen LogP contribution in [0.15, 0.2) is 58.4 Å². The number of amides is 1. The molecule has 156 valence electrons. The first-order valence-electron chi connectivity index (χ1n) is 9.25. The highest BCUT2D eigenvalue weighted by atomic mass is 32.2. The van der Waals surface area contributed by atoms with Gasteiger partial charge in [-0.05, 0) is 41.8 Å². The molecule has 0 unspecified atom stereocenters. The highest BCUT2D eigenvalue weighted by molar-refractivity contribution is 7.90. The van der Waals surface area contributed by atoms with Crippen molar-refractivity contribution in [3.63, 3.8) is 0 Å². The van der Waals surface area contributed by atoms with Gasteiger partial charge in [0.25, 0.3) is 5.91 Å². The Morgan fingerprint density at radius 1 is 0.966 bits per heavy atom. The number of sulfone groups is 1. The van der Waals surface area contributed by atoms with Crippen LogP contribution in [0.2, 0.25) is 0 Å². The van der Waals surface area contributed by atoms with Gasteiger partial charge >= 0.3 is 0 Å². The maximum Gasteiger partial charge on any atom is 0.253 e. The van der Waals surface area contributed by atoms with E-state index in [1.54, 1.807) is 38.2 Å². The Bertz CT molecular complexity index is 950. The summed E-state index contributed by atoms with van der Waals surface area (Å²) in [5.74, 6) is 0.651. The topological polar surface area (TPSA) is 90.9 Å². The fourth-order valence-electron chi connectivity index (χ4n) is 2.66. The molecule has 0 aliphatic rings. The maximum absolute atomic E-state index is 11.9. The molecule has 2 N–H and O–H groups in total. The Morgan fingerprint density at radius 3 is 2.07 bits per heavy atom. The third kappa shape index (κ3) is 6.90. The van der Waals surface area contributed by atoms with Crippen LogP contribution >= 0.6 is 0 Å². The van der Waals surface area contributed by atoms with Gasteiger partial charge in [-0.2, -0.15) is 0 Å². The Balaban J connectivity index is 1.81. The molecule has 0 fully saturated rings. The lowest BCUT2D eigenvalue weighted by molar-refractivity contribution is 0.0827. The van der Waals surface area contributed by atoms with Crippen LogP contribution in [-0.2, 0) is 22.8 Å². The number of nitrogens with zero attached hydrogens (tertiary/aromatic N) is 2. The van der Waals surface area contributed by atoms with Gasteiger partial charge < -0.3 is 15.5 Å². The third-order valence-electron chi connectivity index (χ3n) is 4.35. The molecule has 0 saturated carbocycles. The molecule has 0 aliphatic carbocycles. The lowest BCUT2D eigenvalue weighted by Gasteiger charge is -2.13. The fraction of sp³-hybridized carbons (Fsp3) is 0.333. The minimum Gasteiger partial charge on any atom is -0.356 e. The fourth-order valence-corrected chi connectivity index (χ4v) is 3.29. The Labute approximate surface area is 172 Å². The molecule has 2 aromatic carbocycles. The third-order valence-corrected chi connectivity index (χ3v) is 5.48. The summed E-state index contributed by atoms with van der Waals surface area (Å²) in [4.78, 5) is 18.0. The van der Waals surface area contributed by atoms with Crippen molar-refractivity contribution < 1.29 is 13.2 Å². The van der Waals surface area contributed by atoms with Gasteiger partial charge in [0.15, 0.2) is 15.8 Å². The van der Waals surface area contributed by atoms with E-state index in [4.69, 9.17) is 0 Å². The number of carbonyl (C=O) groups excluding carboxylic acids is 1. The van der Waals surface area contributed by atoms with E-state index >= 15 is 0 Å². The van der Waals surface area contributed by atoms with Crippen molar-refractivity contribution in [1.29, 1.82) is 0 Å². The molecule has 0 heterocycles. The first kappa shape index (κ1) is 22.4.